The van der Waals surface area contributed by atoms with E-state index >= 15 is 0 Å². The van der Waals surface area contributed by atoms with Gasteiger partial charge in [-0.2, -0.15) is 5.10 Å². The van der Waals surface area contributed by atoms with Crippen LogP contribution < -0.4 is 0 Å². The van der Waals surface area contributed by atoms with Crippen molar-refractivity contribution in [3.63, 3.8) is 0 Å². The summed E-state index contributed by atoms with van der Waals surface area (Å²) in [6.07, 6.45) is 2.19. The van der Waals surface area contributed by atoms with E-state index in [1.54, 1.807) is 6.26 Å². The fourth-order valence-electron chi connectivity index (χ4n) is 2.58. The Morgan fingerprint density at radius 3 is 2.73 bits per heavy atom. The molecule has 1 aromatic carbocycles. The van der Waals surface area contributed by atoms with E-state index in [4.69, 9.17) is 28.2 Å². The first-order valence-corrected chi connectivity index (χ1v) is 9.76. The van der Waals surface area contributed by atoms with Crippen molar-refractivity contribution < 1.29 is 9.21 Å². The van der Waals surface area contributed by atoms with Gasteiger partial charge in [-0.3, -0.25) is 4.79 Å². The molecule has 136 valence electrons. The molecule has 1 atom stereocenters. The van der Waals surface area contributed by atoms with Crippen molar-refractivity contribution in [1.82, 2.24) is 9.91 Å². The fraction of sp³-hybridized carbons (Fsp3) is 0.278. The zero-order valence-electron chi connectivity index (χ0n) is 14.4. The molecule has 3 rings (SSSR count). The summed E-state index contributed by atoms with van der Waals surface area (Å²) in [5.41, 5.74) is 1.77. The molecule has 2 heterocycles. The van der Waals surface area contributed by atoms with Gasteiger partial charge in [0.25, 0.3) is 5.91 Å². The number of benzene rings is 1. The van der Waals surface area contributed by atoms with Gasteiger partial charge >= 0.3 is 0 Å². The topological polar surface area (TPSA) is 49.1 Å². The van der Waals surface area contributed by atoms with Crippen LogP contribution in [0.5, 0.6) is 0 Å². The fourth-order valence-corrected chi connectivity index (χ4v) is 3.52. The highest BCUT2D eigenvalue weighted by molar-refractivity contribution is 8.23. The van der Waals surface area contributed by atoms with Gasteiger partial charge in [0.15, 0.2) is 0 Å². The molecule has 0 saturated carbocycles. The minimum atomic E-state index is -0.253. The summed E-state index contributed by atoms with van der Waals surface area (Å²) in [5, 5.41) is 6.75. The summed E-state index contributed by atoms with van der Waals surface area (Å²) in [4.78, 5) is 14.6. The van der Waals surface area contributed by atoms with E-state index in [0.717, 1.165) is 11.3 Å². The molecule has 1 aliphatic rings. The summed E-state index contributed by atoms with van der Waals surface area (Å²) in [6, 6.07) is 10.9. The molecular formula is C18H18ClN3O2S2. The summed E-state index contributed by atoms with van der Waals surface area (Å²) < 4.78 is 6.20. The average Bonchev–Trinajstić information content (AvgIpc) is 3.29. The van der Waals surface area contributed by atoms with Crippen LogP contribution in [0.3, 0.4) is 0 Å². The SMILES string of the molecule is CN(C)C(=S)SCC(=O)N1N=C(c2ccc(Cl)cc2)C[C@H]1c1ccco1. The number of nitrogens with zero attached hydrogens (tertiary/aromatic N) is 3. The third kappa shape index (κ3) is 4.28. The maximum absolute atomic E-state index is 12.8. The number of carbonyl (C=O) groups is 1. The van der Waals surface area contributed by atoms with Gasteiger partial charge in [0.1, 0.15) is 16.1 Å². The van der Waals surface area contributed by atoms with Crippen LogP contribution in [0.1, 0.15) is 23.8 Å². The predicted molar refractivity (Wildman–Crippen MR) is 110 cm³/mol. The van der Waals surface area contributed by atoms with Gasteiger partial charge in [-0.15, -0.1) is 0 Å². The Hall–Kier alpha value is -1.83. The Balaban J connectivity index is 1.81. The van der Waals surface area contributed by atoms with Crippen molar-refractivity contribution in [1.29, 1.82) is 0 Å². The number of rotatable bonds is 4. The summed E-state index contributed by atoms with van der Waals surface area (Å²) in [6.45, 7) is 0. The van der Waals surface area contributed by atoms with E-state index in [1.807, 2.05) is 55.4 Å². The molecule has 5 nitrogen and oxygen atoms in total. The van der Waals surface area contributed by atoms with Crippen LogP contribution in [0.15, 0.2) is 52.2 Å². The van der Waals surface area contributed by atoms with Crippen molar-refractivity contribution in [3.05, 3.63) is 59.0 Å². The lowest BCUT2D eigenvalue weighted by atomic mass is 10.0. The zero-order chi connectivity index (χ0) is 18.7. The molecule has 0 unspecified atom stereocenters. The third-order valence-corrected chi connectivity index (χ3v) is 5.87. The second kappa shape index (κ2) is 8.24. The molecule has 1 amide bonds. The molecule has 1 aliphatic heterocycles. The highest BCUT2D eigenvalue weighted by Crippen LogP contribution is 2.33. The van der Waals surface area contributed by atoms with Crippen LogP contribution in [0.2, 0.25) is 5.02 Å². The molecule has 8 heteroatoms. The lowest BCUT2D eigenvalue weighted by Gasteiger charge is -2.20. The first kappa shape index (κ1) is 18.9. The Morgan fingerprint density at radius 1 is 1.38 bits per heavy atom. The number of halogens is 1. The standard InChI is InChI=1S/C18H18ClN3O2S2/c1-21(2)18(25)26-11-17(23)22-15(16-4-3-9-24-16)10-14(20-22)12-5-7-13(19)8-6-12/h3-9,15H,10-11H2,1-2H3/t15-/m0/s1. The number of thioether (sulfide) groups is 1. The number of amides is 1. The number of thiocarbonyl (C=S) groups is 1. The lowest BCUT2D eigenvalue weighted by Crippen LogP contribution is -2.29. The van der Waals surface area contributed by atoms with Crippen LogP contribution in [-0.4, -0.2) is 45.7 Å². The highest BCUT2D eigenvalue weighted by atomic mass is 35.5. The molecule has 0 radical (unpaired) electrons. The molecule has 0 saturated heterocycles. The number of furan rings is 1. The maximum Gasteiger partial charge on any atom is 0.253 e. The lowest BCUT2D eigenvalue weighted by molar-refractivity contribution is -0.130. The Bertz CT molecular complexity index is 819. The van der Waals surface area contributed by atoms with Crippen LogP contribution in [-0.2, 0) is 4.79 Å². The largest absolute Gasteiger partial charge is 0.467 e. The minimum Gasteiger partial charge on any atom is -0.467 e. The second-order valence-corrected chi connectivity index (χ2v) is 8.02. The molecule has 0 aliphatic carbocycles. The maximum atomic E-state index is 12.8. The van der Waals surface area contributed by atoms with Gasteiger partial charge in [-0.05, 0) is 29.8 Å². The minimum absolute atomic E-state index is 0.107. The van der Waals surface area contributed by atoms with Gasteiger partial charge in [0.2, 0.25) is 0 Å². The van der Waals surface area contributed by atoms with Gasteiger partial charge < -0.3 is 9.32 Å². The zero-order valence-corrected chi connectivity index (χ0v) is 16.8. The molecule has 0 spiro atoms. The Labute approximate surface area is 167 Å². The molecule has 0 N–H and O–H groups in total. The van der Waals surface area contributed by atoms with Crippen molar-refractivity contribution in [3.8, 4) is 0 Å². The first-order valence-electron chi connectivity index (χ1n) is 7.98. The van der Waals surface area contributed by atoms with E-state index in [9.17, 15) is 4.79 Å². The average molecular weight is 408 g/mol. The van der Waals surface area contributed by atoms with E-state index in [-0.39, 0.29) is 17.7 Å². The molecule has 1 aromatic heterocycles. The van der Waals surface area contributed by atoms with Gasteiger partial charge in [-0.1, -0.05) is 47.7 Å². The first-order chi connectivity index (χ1) is 12.5. The monoisotopic (exact) mass is 407 g/mol. The van der Waals surface area contributed by atoms with Gasteiger partial charge in [0.05, 0.1) is 17.7 Å². The Morgan fingerprint density at radius 2 is 2.12 bits per heavy atom. The van der Waals surface area contributed by atoms with Gasteiger partial charge in [0, 0.05) is 25.5 Å². The highest BCUT2D eigenvalue weighted by Gasteiger charge is 2.34. The van der Waals surface area contributed by atoms with Crippen molar-refractivity contribution in [2.45, 2.75) is 12.5 Å². The van der Waals surface area contributed by atoms with Crippen LogP contribution in [0.4, 0.5) is 0 Å². The molecular weight excluding hydrogens is 390 g/mol. The van der Waals surface area contributed by atoms with Crippen molar-refractivity contribution in [2.75, 3.05) is 19.8 Å². The van der Waals surface area contributed by atoms with E-state index in [2.05, 4.69) is 5.10 Å². The quantitative estimate of drug-likeness (QED) is 0.711. The molecule has 26 heavy (non-hydrogen) atoms. The molecule has 0 bridgehead atoms. The summed E-state index contributed by atoms with van der Waals surface area (Å²) in [7, 11) is 3.72. The van der Waals surface area contributed by atoms with Gasteiger partial charge in [-0.25, -0.2) is 5.01 Å². The number of carbonyl (C=O) groups excluding carboxylic acids is 1. The van der Waals surface area contributed by atoms with E-state index in [1.165, 1.54) is 16.8 Å². The third-order valence-electron chi connectivity index (χ3n) is 3.90. The number of hydrogen-bond acceptors (Lipinski definition) is 5. The number of hydrazone groups is 1. The van der Waals surface area contributed by atoms with E-state index in [0.29, 0.717) is 21.5 Å². The predicted octanol–water partition coefficient (Wildman–Crippen LogP) is 4.19. The summed E-state index contributed by atoms with van der Waals surface area (Å²) >= 11 is 12.5. The van der Waals surface area contributed by atoms with Crippen molar-refractivity contribution in [2.24, 2.45) is 5.10 Å². The smallest absolute Gasteiger partial charge is 0.253 e. The van der Waals surface area contributed by atoms with Crippen LogP contribution in [0, 0.1) is 0 Å². The van der Waals surface area contributed by atoms with Crippen molar-refractivity contribution >= 4 is 51.5 Å². The number of hydrogen-bond donors (Lipinski definition) is 0. The Kier molecular flexibility index (Phi) is 6.01. The van der Waals surface area contributed by atoms with E-state index < -0.39 is 0 Å². The normalized spacial score (nSPS) is 16.5. The second-order valence-electron chi connectivity index (χ2n) is 5.98. The summed E-state index contributed by atoms with van der Waals surface area (Å²) in [5.74, 6) is 0.835. The molecule has 2 aromatic rings. The van der Waals surface area contributed by atoms with Crippen LogP contribution in [0.25, 0.3) is 0 Å². The molecule has 0 fully saturated rings. The van der Waals surface area contributed by atoms with Crippen LogP contribution >= 0.6 is 35.6 Å².